The summed E-state index contributed by atoms with van der Waals surface area (Å²) in [6, 6.07) is 8.57. The molecule has 2 rings (SSSR count). The van der Waals surface area contributed by atoms with Gasteiger partial charge in [-0.25, -0.2) is 8.42 Å². The summed E-state index contributed by atoms with van der Waals surface area (Å²) in [5.41, 5.74) is -0.712. The number of rotatable bonds is 2. The van der Waals surface area contributed by atoms with E-state index >= 15 is 0 Å². The third-order valence-electron chi connectivity index (χ3n) is 3.68. The van der Waals surface area contributed by atoms with Gasteiger partial charge >= 0.3 is 0 Å². The molecule has 1 heterocycles. The number of carbonyl (C=O) groups excluding carboxylic acids is 1. The summed E-state index contributed by atoms with van der Waals surface area (Å²) in [5, 5.41) is 9.25. The molecule has 0 saturated carbocycles. The molecule has 0 spiro atoms. The van der Waals surface area contributed by atoms with Crippen LogP contribution in [0.4, 0.5) is 0 Å². The van der Waals surface area contributed by atoms with Crippen molar-refractivity contribution in [3.63, 3.8) is 0 Å². The number of nitriles is 1. The predicted molar refractivity (Wildman–Crippen MR) is 65.6 cm³/mol. The Morgan fingerprint density at radius 2 is 2.06 bits per heavy atom. The van der Waals surface area contributed by atoms with Crippen LogP contribution in [0.15, 0.2) is 29.2 Å². The molecule has 18 heavy (non-hydrogen) atoms. The van der Waals surface area contributed by atoms with Gasteiger partial charge in [-0.1, -0.05) is 18.2 Å². The molecule has 0 bridgehead atoms. The molecule has 0 saturated heterocycles. The van der Waals surface area contributed by atoms with Crippen molar-refractivity contribution in [1.29, 1.82) is 5.26 Å². The number of benzene rings is 1. The number of sulfone groups is 1. The average Bonchev–Trinajstić information content (AvgIpc) is 2.61. The lowest BCUT2D eigenvalue weighted by Crippen LogP contribution is -2.32. The second kappa shape index (κ2) is 3.92. The lowest BCUT2D eigenvalue weighted by Gasteiger charge is -2.25. The lowest BCUT2D eigenvalue weighted by atomic mass is 9.73. The number of nitrogens with zero attached hydrogens (tertiary/aromatic N) is 1. The minimum Gasteiger partial charge on any atom is -0.298 e. The van der Waals surface area contributed by atoms with Crippen molar-refractivity contribution in [3.8, 4) is 6.07 Å². The molecule has 0 radical (unpaired) electrons. The van der Waals surface area contributed by atoms with Gasteiger partial charge in [0, 0.05) is 5.92 Å². The van der Waals surface area contributed by atoms with Crippen molar-refractivity contribution in [2.45, 2.75) is 24.7 Å². The molecule has 1 aromatic carbocycles. The summed E-state index contributed by atoms with van der Waals surface area (Å²) in [6.07, 6.45) is 0. The molecule has 5 heteroatoms. The molecule has 0 N–H and O–H groups in total. The molecular formula is C13H13NO3S. The minimum atomic E-state index is -3.38. The van der Waals surface area contributed by atoms with Crippen LogP contribution in [-0.2, 0) is 14.6 Å². The molecule has 1 aromatic rings. The summed E-state index contributed by atoms with van der Waals surface area (Å²) in [4.78, 5) is 11.9. The van der Waals surface area contributed by atoms with Gasteiger partial charge in [0.1, 0.15) is 11.2 Å². The molecule has 0 fully saturated rings. The van der Waals surface area contributed by atoms with E-state index in [4.69, 9.17) is 0 Å². The minimum absolute atomic E-state index is 0.171. The third-order valence-corrected chi connectivity index (χ3v) is 5.49. The van der Waals surface area contributed by atoms with Crippen molar-refractivity contribution in [3.05, 3.63) is 29.8 Å². The number of hydrogen-bond acceptors (Lipinski definition) is 4. The number of carbonyl (C=O) groups is 1. The van der Waals surface area contributed by atoms with Gasteiger partial charge in [-0.15, -0.1) is 0 Å². The van der Waals surface area contributed by atoms with Gasteiger partial charge in [0.15, 0.2) is 9.84 Å². The molecule has 1 aliphatic rings. The topological polar surface area (TPSA) is 75.0 Å². The maximum Gasteiger partial charge on any atom is 0.179 e. The van der Waals surface area contributed by atoms with Crippen LogP contribution in [0.3, 0.4) is 0 Å². The van der Waals surface area contributed by atoms with E-state index in [-0.39, 0.29) is 16.4 Å². The zero-order valence-electron chi connectivity index (χ0n) is 10.2. The number of ketones is 1. The molecule has 2 unspecified atom stereocenters. The highest BCUT2D eigenvalue weighted by atomic mass is 32.2. The highest BCUT2D eigenvalue weighted by molar-refractivity contribution is 7.91. The Labute approximate surface area is 106 Å². The lowest BCUT2D eigenvalue weighted by molar-refractivity contribution is -0.123. The maximum absolute atomic E-state index is 12.0. The van der Waals surface area contributed by atoms with Gasteiger partial charge in [-0.3, -0.25) is 4.79 Å². The molecule has 2 atom stereocenters. The second-order valence-corrected chi connectivity index (χ2v) is 6.74. The molecule has 0 amide bonds. The van der Waals surface area contributed by atoms with Gasteiger partial charge in [0.05, 0.1) is 16.7 Å². The van der Waals surface area contributed by atoms with E-state index in [9.17, 15) is 18.5 Å². The van der Waals surface area contributed by atoms with Crippen LogP contribution in [0.25, 0.3) is 0 Å². The third kappa shape index (κ3) is 1.65. The van der Waals surface area contributed by atoms with Crippen molar-refractivity contribution in [1.82, 2.24) is 0 Å². The van der Waals surface area contributed by atoms with Crippen LogP contribution in [0.5, 0.6) is 0 Å². The molecule has 94 valence electrons. The highest BCUT2D eigenvalue weighted by Gasteiger charge is 2.48. The number of Topliss-reactive ketones (excluding diaryl/α,β-unsaturated/α-hetero) is 1. The first-order valence-corrected chi connectivity index (χ1v) is 7.22. The Kier molecular flexibility index (Phi) is 2.78. The van der Waals surface area contributed by atoms with Crippen LogP contribution in [0.1, 0.15) is 25.3 Å². The monoisotopic (exact) mass is 263 g/mol. The van der Waals surface area contributed by atoms with Crippen LogP contribution < -0.4 is 0 Å². The van der Waals surface area contributed by atoms with Gasteiger partial charge in [-0.05, 0) is 25.5 Å². The zero-order valence-corrected chi connectivity index (χ0v) is 11.0. The molecule has 1 aliphatic heterocycles. The highest BCUT2D eigenvalue weighted by Crippen LogP contribution is 2.45. The normalized spacial score (nSPS) is 23.7. The van der Waals surface area contributed by atoms with E-state index in [0.717, 1.165) is 0 Å². The van der Waals surface area contributed by atoms with Crippen molar-refractivity contribution >= 4 is 15.6 Å². The Balaban J connectivity index is 2.66. The first-order valence-electron chi connectivity index (χ1n) is 5.57. The average molecular weight is 263 g/mol. The van der Waals surface area contributed by atoms with E-state index in [1.807, 2.05) is 6.07 Å². The van der Waals surface area contributed by atoms with E-state index in [1.54, 1.807) is 18.2 Å². The molecular weight excluding hydrogens is 250 g/mol. The Bertz CT molecular complexity index is 657. The van der Waals surface area contributed by atoms with Crippen LogP contribution in [-0.4, -0.2) is 20.0 Å². The van der Waals surface area contributed by atoms with E-state index < -0.39 is 21.2 Å². The second-order valence-electron chi connectivity index (χ2n) is 4.74. The predicted octanol–water partition coefficient (Wildman–Crippen LogP) is 1.68. The van der Waals surface area contributed by atoms with E-state index in [2.05, 4.69) is 0 Å². The van der Waals surface area contributed by atoms with Gasteiger partial charge in [0.2, 0.25) is 0 Å². The number of hydrogen-bond donors (Lipinski definition) is 0. The maximum atomic E-state index is 12.0. The summed E-state index contributed by atoms with van der Waals surface area (Å²) in [6.45, 7) is 2.84. The summed E-state index contributed by atoms with van der Waals surface area (Å²) in [5.74, 6) is -1.06. The quantitative estimate of drug-likeness (QED) is 0.813. The van der Waals surface area contributed by atoms with E-state index in [1.165, 1.54) is 19.9 Å². The SMILES string of the molecule is CC(=O)C(C)(C#N)C1CS(=O)(=O)c2ccccc21. The van der Waals surface area contributed by atoms with Crippen LogP contribution >= 0.6 is 0 Å². The Morgan fingerprint density at radius 3 is 2.61 bits per heavy atom. The molecule has 0 aromatic heterocycles. The molecule has 0 aliphatic carbocycles. The fraction of sp³-hybridized carbons (Fsp3) is 0.385. The van der Waals surface area contributed by atoms with Gasteiger partial charge in [-0.2, -0.15) is 5.26 Å². The summed E-state index contributed by atoms with van der Waals surface area (Å²) < 4.78 is 24.1. The first kappa shape index (κ1) is 12.8. The van der Waals surface area contributed by atoms with Crippen LogP contribution in [0, 0.1) is 16.7 Å². The summed E-state index contributed by atoms with van der Waals surface area (Å²) >= 11 is 0. The largest absolute Gasteiger partial charge is 0.298 e. The zero-order chi connectivity index (χ0) is 13.6. The van der Waals surface area contributed by atoms with Crippen LogP contribution in [0.2, 0.25) is 0 Å². The summed E-state index contributed by atoms with van der Waals surface area (Å²) in [7, 11) is -3.38. The Hall–Kier alpha value is -1.67. The number of fused-ring (bicyclic) bond motifs is 1. The standard InChI is InChI=1S/C13H13NO3S/c1-9(15)13(2,8-14)11-7-18(16,17)12-6-4-3-5-10(11)12/h3-6,11H,7H2,1-2H3. The fourth-order valence-corrected chi connectivity index (χ4v) is 4.32. The van der Waals surface area contributed by atoms with E-state index in [0.29, 0.717) is 5.56 Å². The first-order chi connectivity index (χ1) is 8.33. The Morgan fingerprint density at radius 1 is 1.44 bits per heavy atom. The smallest absolute Gasteiger partial charge is 0.179 e. The molecule has 4 nitrogen and oxygen atoms in total. The van der Waals surface area contributed by atoms with Crippen molar-refractivity contribution < 1.29 is 13.2 Å². The fourth-order valence-electron chi connectivity index (χ4n) is 2.33. The van der Waals surface area contributed by atoms with Gasteiger partial charge in [0.25, 0.3) is 0 Å². The van der Waals surface area contributed by atoms with Crippen molar-refractivity contribution in [2.75, 3.05) is 5.75 Å². The van der Waals surface area contributed by atoms with Gasteiger partial charge < -0.3 is 0 Å². The van der Waals surface area contributed by atoms with Crippen molar-refractivity contribution in [2.24, 2.45) is 5.41 Å².